The molecule has 1 N–H and O–H groups in total. The van der Waals surface area contributed by atoms with Gasteiger partial charge in [0.25, 0.3) is 5.91 Å². The maximum Gasteiger partial charge on any atom is 0.294 e. The number of carbonyl (C=O) groups excluding carboxylic acids is 2. The van der Waals surface area contributed by atoms with E-state index in [4.69, 9.17) is 4.42 Å². The highest BCUT2D eigenvalue weighted by Gasteiger charge is 2.37. The normalized spacial score (nSPS) is 15.9. The molecular weight excluding hydrogens is 416 g/mol. The van der Waals surface area contributed by atoms with Crippen LogP contribution in [0.5, 0.6) is 0 Å². The monoisotopic (exact) mass is 438 g/mol. The summed E-state index contributed by atoms with van der Waals surface area (Å²) in [6, 6.07) is 16.6. The van der Waals surface area contributed by atoms with Crippen molar-refractivity contribution in [1.82, 2.24) is 0 Å². The van der Waals surface area contributed by atoms with E-state index in [0.717, 1.165) is 17.4 Å². The lowest BCUT2D eigenvalue weighted by atomic mass is 9.94. The van der Waals surface area contributed by atoms with Crippen LogP contribution in [0.3, 0.4) is 0 Å². The van der Waals surface area contributed by atoms with Gasteiger partial charge in [-0.2, -0.15) is 0 Å². The van der Waals surface area contributed by atoms with Crippen LogP contribution in [0.4, 0.5) is 11.4 Å². The van der Waals surface area contributed by atoms with E-state index in [2.05, 4.69) is 5.32 Å². The van der Waals surface area contributed by atoms with Crippen molar-refractivity contribution in [3.05, 3.63) is 77.6 Å². The molecule has 0 bridgehead atoms. The molecule has 1 aromatic heterocycles. The predicted molar refractivity (Wildman–Crippen MR) is 117 cm³/mol. The summed E-state index contributed by atoms with van der Waals surface area (Å²) in [7, 11) is -3.60. The first kappa shape index (κ1) is 20.9. The number of fused-ring (bicyclic) bond motifs is 1. The quantitative estimate of drug-likeness (QED) is 0.671. The second-order valence-corrected chi connectivity index (χ2v) is 9.55. The van der Waals surface area contributed by atoms with Crippen molar-refractivity contribution in [2.45, 2.75) is 30.9 Å². The average molecular weight is 439 g/mol. The van der Waals surface area contributed by atoms with Crippen molar-refractivity contribution in [3.63, 3.8) is 0 Å². The maximum absolute atomic E-state index is 13.4. The van der Waals surface area contributed by atoms with Crippen molar-refractivity contribution in [1.29, 1.82) is 0 Å². The first-order valence-corrected chi connectivity index (χ1v) is 11.7. The zero-order valence-electron chi connectivity index (χ0n) is 17.2. The highest BCUT2D eigenvalue weighted by molar-refractivity contribution is 7.90. The third-order valence-electron chi connectivity index (χ3n) is 5.25. The summed E-state index contributed by atoms with van der Waals surface area (Å²) < 4.78 is 28.8. The lowest BCUT2D eigenvalue weighted by Crippen LogP contribution is -2.50. The van der Waals surface area contributed by atoms with E-state index in [1.165, 1.54) is 17.0 Å². The van der Waals surface area contributed by atoms with E-state index in [1.807, 2.05) is 31.2 Å². The van der Waals surface area contributed by atoms with Crippen LogP contribution in [-0.2, 0) is 21.1 Å². The van der Waals surface area contributed by atoms with Gasteiger partial charge in [0.15, 0.2) is 5.76 Å². The molecule has 0 aliphatic carbocycles. The van der Waals surface area contributed by atoms with E-state index in [9.17, 15) is 18.0 Å². The number of hydrogen-bond donors (Lipinski definition) is 1. The summed E-state index contributed by atoms with van der Waals surface area (Å²) in [6.45, 7) is 1.96. The molecule has 0 saturated heterocycles. The molecule has 0 spiro atoms. The molecule has 0 fully saturated rings. The van der Waals surface area contributed by atoms with E-state index in [0.29, 0.717) is 24.2 Å². The number of rotatable bonds is 4. The minimum atomic E-state index is -3.60. The van der Waals surface area contributed by atoms with Gasteiger partial charge in [0.1, 0.15) is 6.04 Å². The number of sulfone groups is 1. The molecule has 2 heterocycles. The zero-order chi connectivity index (χ0) is 22.2. The number of carbonyl (C=O) groups is 2. The molecule has 7 nitrogen and oxygen atoms in total. The van der Waals surface area contributed by atoms with Gasteiger partial charge in [0.05, 0.1) is 0 Å². The third kappa shape index (κ3) is 4.25. The molecule has 4 rings (SSSR count). The molecule has 2 aromatic carbocycles. The Kier molecular flexibility index (Phi) is 5.41. The highest BCUT2D eigenvalue weighted by atomic mass is 32.2. The Balaban J connectivity index is 1.69. The molecule has 2 amide bonds. The molecule has 160 valence electrons. The summed E-state index contributed by atoms with van der Waals surface area (Å²) in [5.41, 5.74) is 3.25. The van der Waals surface area contributed by atoms with Gasteiger partial charge in [-0.1, -0.05) is 35.9 Å². The lowest BCUT2D eigenvalue weighted by Gasteiger charge is -2.35. The molecule has 1 atom stereocenters. The molecular formula is C23H22N2O5S. The van der Waals surface area contributed by atoms with Crippen molar-refractivity contribution in [3.8, 4) is 0 Å². The fraction of sp³-hybridized carbons (Fsp3) is 0.217. The zero-order valence-corrected chi connectivity index (χ0v) is 18.0. The summed E-state index contributed by atoms with van der Waals surface area (Å²) in [5, 5.41) is 2.59. The van der Waals surface area contributed by atoms with Crippen LogP contribution in [0.25, 0.3) is 0 Å². The predicted octanol–water partition coefficient (Wildman–Crippen LogP) is 3.59. The van der Waals surface area contributed by atoms with Crippen LogP contribution in [0.2, 0.25) is 0 Å². The summed E-state index contributed by atoms with van der Waals surface area (Å²) in [5.74, 6) is -1.02. The number of benzene rings is 2. The summed E-state index contributed by atoms with van der Waals surface area (Å²) >= 11 is 0. The molecule has 3 aromatic rings. The van der Waals surface area contributed by atoms with E-state index in [-0.39, 0.29) is 16.8 Å². The first-order valence-electron chi connectivity index (χ1n) is 9.83. The molecule has 1 aliphatic rings. The fourth-order valence-electron chi connectivity index (χ4n) is 3.66. The molecule has 31 heavy (non-hydrogen) atoms. The van der Waals surface area contributed by atoms with Gasteiger partial charge in [-0.3, -0.25) is 14.5 Å². The molecule has 1 aliphatic heterocycles. The number of para-hydroxylation sites is 1. The smallest absolute Gasteiger partial charge is 0.294 e. The van der Waals surface area contributed by atoms with Crippen LogP contribution in [-0.4, -0.2) is 32.5 Å². The highest BCUT2D eigenvalue weighted by Crippen LogP contribution is 2.33. The molecule has 8 heteroatoms. The van der Waals surface area contributed by atoms with Crippen LogP contribution in [0.15, 0.2) is 70.2 Å². The van der Waals surface area contributed by atoms with E-state index in [1.54, 1.807) is 24.3 Å². The topological polar surface area (TPSA) is 96.7 Å². The van der Waals surface area contributed by atoms with Crippen molar-refractivity contribution < 1.29 is 22.4 Å². The Hall–Kier alpha value is -3.39. The van der Waals surface area contributed by atoms with Crippen molar-refractivity contribution in [2.24, 2.45) is 0 Å². The van der Waals surface area contributed by atoms with Crippen LogP contribution in [0, 0.1) is 6.92 Å². The third-order valence-corrected chi connectivity index (χ3v) is 6.20. The Labute approximate surface area is 180 Å². The largest absolute Gasteiger partial charge is 0.440 e. The van der Waals surface area contributed by atoms with Gasteiger partial charge < -0.3 is 9.73 Å². The number of hydrogen-bond acceptors (Lipinski definition) is 5. The van der Waals surface area contributed by atoms with Crippen LogP contribution >= 0.6 is 0 Å². The number of furan rings is 1. The van der Waals surface area contributed by atoms with Crippen LogP contribution < -0.4 is 10.2 Å². The van der Waals surface area contributed by atoms with Gasteiger partial charge in [0.2, 0.25) is 20.8 Å². The summed E-state index contributed by atoms with van der Waals surface area (Å²) in [6.07, 6.45) is 2.08. The van der Waals surface area contributed by atoms with Gasteiger partial charge in [-0.15, -0.1) is 0 Å². The van der Waals surface area contributed by atoms with Gasteiger partial charge in [0, 0.05) is 17.6 Å². The van der Waals surface area contributed by atoms with E-state index >= 15 is 0 Å². The fourth-order valence-corrected chi connectivity index (χ4v) is 4.22. The SMILES string of the molecule is Cc1ccc(NC(=O)C2CCc3ccccc3N2C(=O)c2ccc(S(C)(=O)=O)o2)cc1. The Morgan fingerprint density at radius 3 is 2.42 bits per heavy atom. The molecule has 0 radical (unpaired) electrons. The number of nitrogens with one attached hydrogen (secondary N) is 1. The van der Waals surface area contributed by atoms with Gasteiger partial charge in [-0.05, 0) is 55.7 Å². The minimum Gasteiger partial charge on any atom is -0.440 e. The second-order valence-electron chi connectivity index (χ2n) is 7.60. The second kappa shape index (κ2) is 8.03. The number of aryl methyl sites for hydroxylation is 2. The number of nitrogens with zero attached hydrogens (tertiary/aromatic N) is 1. The Bertz CT molecular complexity index is 1240. The minimum absolute atomic E-state index is 0.134. The molecule has 0 saturated carbocycles. The van der Waals surface area contributed by atoms with Crippen molar-refractivity contribution in [2.75, 3.05) is 16.5 Å². The van der Waals surface area contributed by atoms with Gasteiger partial charge >= 0.3 is 0 Å². The van der Waals surface area contributed by atoms with Gasteiger partial charge in [-0.25, -0.2) is 8.42 Å². The maximum atomic E-state index is 13.4. The summed E-state index contributed by atoms with van der Waals surface area (Å²) in [4.78, 5) is 27.9. The Morgan fingerprint density at radius 2 is 1.74 bits per heavy atom. The van der Waals surface area contributed by atoms with Crippen molar-refractivity contribution >= 4 is 33.0 Å². The van der Waals surface area contributed by atoms with E-state index < -0.39 is 21.8 Å². The average Bonchev–Trinajstić information content (AvgIpc) is 3.25. The standard InChI is InChI=1S/C23H22N2O5S/c1-15-7-10-17(11-8-15)24-22(26)19-12-9-16-5-3-4-6-18(16)25(19)23(27)20-13-14-21(30-20)31(2,28)29/h3-8,10-11,13-14,19H,9,12H2,1-2H3,(H,24,26). The lowest BCUT2D eigenvalue weighted by molar-refractivity contribution is -0.117. The van der Waals surface area contributed by atoms with Crippen LogP contribution in [0.1, 0.15) is 28.1 Å². The molecule has 1 unspecified atom stereocenters. The Morgan fingerprint density at radius 1 is 1.03 bits per heavy atom. The number of anilines is 2. The first-order chi connectivity index (χ1) is 14.7. The number of amides is 2.